The number of sulfonamides is 1. The average molecular weight is 333 g/mol. The van der Waals surface area contributed by atoms with E-state index in [-0.39, 0.29) is 18.5 Å². The second-order valence-corrected chi connectivity index (χ2v) is 8.48. The van der Waals surface area contributed by atoms with Crippen LogP contribution in [0.3, 0.4) is 0 Å². The fraction of sp³-hybridized carbons (Fsp3) is 0.929. The highest BCUT2D eigenvalue weighted by atomic mass is 32.2. The van der Waals surface area contributed by atoms with Crippen molar-refractivity contribution < 1.29 is 18.3 Å². The Morgan fingerprint density at radius 1 is 1.45 bits per heavy atom. The summed E-state index contributed by atoms with van der Waals surface area (Å²) in [6, 6.07) is 0.268. The molecule has 2 saturated heterocycles. The second kappa shape index (κ2) is 6.43. The number of carbonyl (C=O) groups is 1. The average Bonchev–Trinajstić information content (AvgIpc) is 2.63. The van der Waals surface area contributed by atoms with E-state index in [2.05, 4.69) is 0 Å². The van der Waals surface area contributed by atoms with Crippen LogP contribution < -0.4 is 5.73 Å². The van der Waals surface area contributed by atoms with Crippen LogP contribution in [0.15, 0.2) is 0 Å². The van der Waals surface area contributed by atoms with Gasteiger partial charge in [0.2, 0.25) is 15.9 Å². The summed E-state index contributed by atoms with van der Waals surface area (Å²) in [5, 5.41) is 10.3. The van der Waals surface area contributed by atoms with Gasteiger partial charge in [-0.1, -0.05) is 6.92 Å². The summed E-state index contributed by atoms with van der Waals surface area (Å²) < 4.78 is 24.5. The molecular formula is C14H27N3O4S. The lowest BCUT2D eigenvalue weighted by Crippen LogP contribution is -2.60. The van der Waals surface area contributed by atoms with Gasteiger partial charge < -0.3 is 10.8 Å². The molecule has 1 amide bonds. The van der Waals surface area contributed by atoms with Crippen molar-refractivity contribution in [1.29, 1.82) is 0 Å². The number of nitrogens with zero attached hydrogens (tertiary/aromatic N) is 2. The minimum atomic E-state index is -3.33. The summed E-state index contributed by atoms with van der Waals surface area (Å²) in [5.74, 6) is -0.322. The number of likely N-dealkylation sites (N-methyl/N-ethyl adjacent to an activating group) is 1. The van der Waals surface area contributed by atoms with Crippen molar-refractivity contribution in [1.82, 2.24) is 9.21 Å². The lowest BCUT2D eigenvalue weighted by atomic mass is 9.87. The molecule has 0 aromatic heterocycles. The van der Waals surface area contributed by atoms with Crippen molar-refractivity contribution in [2.24, 2.45) is 5.73 Å². The first kappa shape index (κ1) is 17.7. The molecule has 0 aliphatic carbocycles. The normalized spacial score (nSPS) is 30.6. The van der Waals surface area contributed by atoms with Crippen LogP contribution in [-0.4, -0.2) is 72.2 Å². The topological polar surface area (TPSA) is 104 Å². The number of hydrogen-bond donors (Lipinski definition) is 2. The number of aliphatic hydroxyl groups is 1. The van der Waals surface area contributed by atoms with Crippen LogP contribution >= 0.6 is 0 Å². The van der Waals surface area contributed by atoms with Gasteiger partial charge in [0.1, 0.15) is 5.54 Å². The molecule has 0 radical (unpaired) electrons. The summed E-state index contributed by atoms with van der Waals surface area (Å²) in [7, 11) is -3.33. The molecule has 2 aliphatic rings. The molecule has 2 heterocycles. The van der Waals surface area contributed by atoms with Gasteiger partial charge in [0.15, 0.2) is 0 Å². The predicted molar refractivity (Wildman–Crippen MR) is 83.6 cm³/mol. The van der Waals surface area contributed by atoms with Crippen LogP contribution in [0.1, 0.15) is 39.0 Å². The molecule has 1 unspecified atom stereocenters. The fourth-order valence-corrected chi connectivity index (χ4v) is 4.90. The van der Waals surface area contributed by atoms with Gasteiger partial charge in [0.05, 0.1) is 12.4 Å². The Morgan fingerprint density at radius 2 is 2.14 bits per heavy atom. The summed E-state index contributed by atoms with van der Waals surface area (Å²) >= 11 is 0. The molecule has 2 bridgehead atoms. The molecule has 7 nitrogen and oxygen atoms in total. The van der Waals surface area contributed by atoms with Gasteiger partial charge in [-0.05, 0) is 32.1 Å². The molecule has 8 heteroatoms. The zero-order valence-corrected chi connectivity index (χ0v) is 14.2. The lowest BCUT2D eigenvalue weighted by molar-refractivity contribution is -0.132. The Morgan fingerprint density at radius 3 is 2.68 bits per heavy atom. The van der Waals surface area contributed by atoms with Crippen LogP contribution in [0.2, 0.25) is 0 Å². The maximum absolute atomic E-state index is 12.0. The quantitative estimate of drug-likeness (QED) is 0.654. The number of hydrogen-bond acceptors (Lipinski definition) is 5. The minimum Gasteiger partial charge on any atom is -0.390 e. The summed E-state index contributed by atoms with van der Waals surface area (Å²) in [5.41, 5.74) is 4.99. The van der Waals surface area contributed by atoms with Crippen molar-refractivity contribution in [3.8, 4) is 0 Å². The van der Waals surface area contributed by atoms with Crippen LogP contribution in [0.5, 0.6) is 0 Å². The van der Waals surface area contributed by atoms with Gasteiger partial charge in [-0.3, -0.25) is 9.69 Å². The number of carbonyl (C=O) groups excluding carboxylic acids is 1. The van der Waals surface area contributed by atoms with E-state index < -0.39 is 21.7 Å². The van der Waals surface area contributed by atoms with Gasteiger partial charge in [-0.2, -0.15) is 4.31 Å². The number of amides is 1. The molecule has 22 heavy (non-hydrogen) atoms. The molecular weight excluding hydrogens is 306 g/mol. The van der Waals surface area contributed by atoms with Crippen molar-refractivity contribution in [3.05, 3.63) is 0 Å². The Balaban J connectivity index is 2.07. The first-order chi connectivity index (χ1) is 10.2. The molecule has 2 rings (SSSR count). The highest BCUT2D eigenvalue weighted by molar-refractivity contribution is 7.88. The van der Waals surface area contributed by atoms with E-state index >= 15 is 0 Å². The predicted octanol–water partition coefficient (Wildman–Crippen LogP) is -0.499. The maximum Gasteiger partial charge on any atom is 0.237 e. The molecule has 3 N–H and O–H groups in total. The Kier molecular flexibility index (Phi) is 5.16. The molecule has 0 aromatic carbocycles. The number of primary amides is 1. The third-order valence-corrected chi connectivity index (χ3v) is 6.46. The van der Waals surface area contributed by atoms with Crippen molar-refractivity contribution in [2.75, 3.05) is 25.9 Å². The molecule has 0 saturated carbocycles. The van der Waals surface area contributed by atoms with Crippen molar-refractivity contribution in [3.63, 3.8) is 0 Å². The van der Waals surface area contributed by atoms with Gasteiger partial charge in [0.25, 0.3) is 0 Å². The molecule has 128 valence electrons. The minimum absolute atomic E-state index is 0.0490. The molecule has 2 aliphatic heterocycles. The van der Waals surface area contributed by atoms with Crippen LogP contribution in [-0.2, 0) is 14.8 Å². The lowest BCUT2D eigenvalue weighted by Gasteiger charge is -2.43. The Labute approximate surface area is 132 Å². The Hall–Kier alpha value is -0.700. The molecule has 0 spiro atoms. The van der Waals surface area contributed by atoms with Gasteiger partial charge >= 0.3 is 0 Å². The number of β-amino-alcohol motifs (C(OH)–C–C–N with tert-alkyl or cyclic N) is 1. The summed E-state index contributed by atoms with van der Waals surface area (Å²) in [6.45, 7) is 2.40. The Bertz CT molecular complexity index is 520. The highest BCUT2D eigenvalue weighted by Gasteiger charge is 2.52. The van der Waals surface area contributed by atoms with Crippen LogP contribution in [0.4, 0.5) is 0 Å². The van der Waals surface area contributed by atoms with Crippen molar-refractivity contribution >= 4 is 15.9 Å². The van der Waals surface area contributed by atoms with Gasteiger partial charge in [0, 0.05) is 25.7 Å². The first-order valence-corrected chi connectivity index (χ1v) is 9.75. The van der Waals surface area contributed by atoms with E-state index in [9.17, 15) is 18.3 Å². The number of nitrogens with two attached hydrogens (primary N) is 1. The maximum atomic E-state index is 12.0. The molecule has 0 aromatic rings. The van der Waals surface area contributed by atoms with E-state index in [1.165, 1.54) is 4.31 Å². The number of piperidine rings is 1. The number of rotatable bonds is 7. The van der Waals surface area contributed by atoms with Gasteiger partial charge in [-0.25, -0.2) is 8.42 Å². The standard InChI is InChI=1S/C14H27N3O4S/c1-3-16(22(2,20)21)9-12(18)10-17-11-5-4-7-14(17,8-6-11)13(15)19/h11-12,18H,3-10H2,1-2H3,(H2,15,19)/t11-,12?,14+/m1/s1. The largest absolute Gasteiger partial charge is 0.390 e. The van der Waals surface area contributed by atoms with Crippen LogP contribution in [0, 0.1) is 0 Å². The highest BCUT2D eigenvalue weighted by Crippen LogP contribution is 2.43. The van der Waals surface area contributed by atoms with E-state index in [0.29, 0.717) is 13.1 Å². The third-order valence-electron chi connectivity index (χ3n) is 5.11. The van der Waals surface area contributed by atoms with E-state index in [0.717, 1.165) is 38.4 Å². The fourth-order valence-electron chi connectivity index (χ4n) is 3.98. The molecule has 3 atom stereocenters. The van der Waals surface area contributed by atoms with Crippen molar-refractivity contribution in [2.45, 2.75) is 56.7 Å². The number of fused-ring (bicyclic) bond motifs is 2. The monoisotopic (exact) mass is 333 g/mol. The van der Waals surface area contributed by atoms with E-state index in [1.54, 1.807) is 6.92 Å². The smallest absolute Gasteiger partial charge is 0.237 e. The summed E-state index contributed by atoms with van der Waals surface area (Å²) in [4.78, 5) is 14.0. The third kappa shape index (κ3) is 3.29. The van der Waals surface area contributed by atoms with E-state index in [4.69, 9.17) is 5.73 Å². The first-order valence-electron chi connectivity index (χ1n) is 7.90. The zero-order valence-electron chi connectivity index (χ0n) is 13.4. The summed E-state index contributed by atoms with van der Waals surface area (Å²) in [6.07, 6.45) is 4.68. The zero-order chi connectivity index (χ0) is 16.5. The SMILES string of the molecule is CCN(CC(O)CN1[C@@H]2CCC[C@@]1(C(N)=O)CC2)S(C)(=O)=O. The van der Waals surface area contributed by atoms with Crippen LogP contribution in [0.25, 0.3) is 0 Å². The molecule has 2 fully saturated rings. The second-order valence-electron chi connectivity index (χ2n) is 6.50. The number of aliphatic hydroxyl groups excluding tert-OH is 1. The van der Waals surface area contributed by atoms with Gasteiger partial charge in [-0.15, -0.1) is 0 Å². The van der Waals surface area contributed by atoms with E-state index in [1.807, 2.05) is 4.90 Å².